The minimum absolute atomic E-state index is 0.571. The summed E-state index contributed by atoms with van der Waals surface area (Å²) in [6.07, 6.45) is 9.66. The number of allylic oxidation sites excluding steroid dienone is 6. The molecule has 0 heterocycles. The van der Waals surface area contributed by atoms with Crippen molar-refractivity contribution < 1.29 is 0 Å². The molecule has 0 saturated carbocycles. The van der Waals surface area contributed by atoms with Gasteiger partial charge in [0.25, 0.3) is 0 Å². The smallest absolute Gasteiger partial charge is 0.0200 e. The minimum Gasteiger partial charge on any atom is -0.0764 e. The molecule has 0 spiro atoms. The van der Waals surface area contributed by atoms with E-state index in [1.165, 1.54) is 0 Å². The summed E-state index contributed by atoms with van der Waals surface area (Å²) >= 11 is 0. The first kappa shape index (κ1) is 13.0. The number of benzene rings is 2. The molecule has 0 aliphatic heterocycles. The van der Waals surface area contributed by atoms with Gasteiger partial charge in [0, 0.05) is 11.8 Å². The van der Waals surface area contributed by atoms with Crippen molar-refractivity contribution in [2.24, 2.45) is 11.8 Å². The van der Waals surface area contributed by atoms with E-state index in [9.17, 15) is 0 Å². The largest absolute Gasteiger partial charge is 0.0764 e. The Kier molecular flexibility index (Phi) is 2.49. The molecule has 2 bridgehead atoms. The Balaban J connectivity index is 1.45. The lowest BCUT2D eigenvalue weighted by molar-refractivity contribution is 0.604. The summed E-state index contributed by atoms with van der Waals surface area (Å²) in [4.78, 5) is 0. The van der Waals surface area contributed by atoms with E-state index in [2.05, 4.69) is 60.7 Å². The summed E-state index contributed by atoms with van der Waals surface area (Å²) in [6, 6.07) is 18.1. The lowest BCUT2D eigenvalue weighted by Crippen LogP contribution is -2.33. The van der Waals surface area contributed by atoms with Crippen LogP contribution in [0.25, 0.3) is 0 Å². The lowest BCUT2D eigenvalue weighted by Gasteiger charge is -2.44. The standard InChI is InChI=1S/C24H20/c1-2-6-16-12-22-20-10-9-19(21(22)11-15(16)5-1)23-13-17-7-3-4-8-18(17)14-24(20)23/h1-10,19-20H,11-14H2. The second-order valence-electron chi connectivity index (χ2n) is 7.69. The molecule has 0 aromatic heterocycles. The maximum atomic E-state index is 2.50. The number of hydrogen-bond acceptors (Lipinski definition) is 0. The van der Waals surface area contributed by atoms with Crippen LogP contribution in [0.5, 0.6) is 0 Å². The second kappa shape index (κ2) is 4.60. The molecular weight excluding hydrogens is 288 g/mol. The third kappa shape index (κ3) is 1.64. The second-order valence-corrected chi connectivity index (χ2v) is 7.69. The van der Waals surface area contributed by atoms with Gasteiger partial charge in [0.2, 0.25) is 0 Å². The van der Waals surface area contributed by atoms with E-state index in [1.807, 2.05) is 0 Å². The van der Waals surface area contributed by atoms with Gasteiger partial charge in [-0.25, -0.2) is 0 Å². The fourth-order valence-electron chi connectivity index (χ4n) is 5.43. The molecule has 0 amide bonds. The molecule has 0 atom stereocenters. The van der Waals surface area contributed by atoms with Gasteiger partial charge in [0.1, 0.15) is 0 Å². The molecule has 2 aromatic carbocycles. The van der Waals surface area contributed by atoms with Gasteiger partial charge in [-0.3, -0.25) is 0 Å². The van der Waals surface area contributed by atoms with Gasteiger partial charge in [-0.1, -0.05) is 83.0 Å². The summed E-state index contributed by atoms with van der Waals surface area (Å²) in [5, 5.41) is 0. The Morgan fingerprint density at radius 1 is 0.458 bits per heavy atom. The van der Waals surface area contributed by atoms with Crippen LogP contribution >= 0.6 is 0 Å². The summed E-state index contributed by atoms with van der Waals surface area (Å²) < 4.78 is 0. The average molecular weight is 308 g/mol. The predicted molar refractivity (Wildman–Crippen MR) is 97.9 cm³/mol. The van der Waals surface area contributed by atoms with Crippen molar-refractivity contribution >= 4 is 0 Å². The molecule has 0 fully saturated rings. The van der Waals surface area contributed by atoms with Crippen LogP contribution in [-0.4, -0.2) is 0 Å². The lowest BCUT2D eigenvalue weighted by atomic mass is 9.60. The highest BCUT2D eigenvalue weighted by molar-refractivity contribution is 5.59. The third-order valence-electron chi connectivity index (χ3n) is 6.58. The molecule has 0 heteroatoms. The van der Waals surface area contributed by atoms with E-state index in [-0.39, 0.29) is 0 Å². The van der Waals surface area contributed by atoms with Crippen LogP contribution in [0.3, 0.4) is 0 Å². The Labute approximate surface area is 143 Å². The first-order chi connectivity index (χ1) is 11.9. The van der Waals surface area contributed by atoms with Crippen molar-refractivity contribution in [2.75, 3.05) is 0 Å². The normalized spacial score (nSPS) is 26.0. The highest BCUT2D eigenvalue weighted by Gasteiger charge is 2.40. The van der Waals surface area contributed by atoms with Crippen molar-refractivity contribution in [1.82, 2.24) is 0 Å². The van der Waals surface area contributed by atoms with E-state index in [0.29, 0.717) is 11.8 Å². The Hall–Kier alpha value is -2.34. The summed E-state index contributed by atoms with van der Waals surface area (Å²) in [5.74, 6) is 1.14. The Morgan fingerprint density at radius 3 is 1.04 bits per heavy atom. The van der Waals surface area contributed by atoms with Crippen LogP contribution in [0.1, 0.15) is 22.3 Å². The van der Waals surface area contributed by atoms with Crippen molar-refractivity contribution in [3.8, 4) is 0 Å². The molecule has 5 aliphatic rings. The molecule has 0 nitrogen and oxygen atoms in total. The zero-order valence-electron chi connectivity index (χ0n) is 13.8. The summed E-state index contributed by atoms with van der Waals surface area (Å²) in [6.45, 7) is 0. The SMILES string of the molecule is C1=CC2C3=C(Cc4ccccc4C3)C1C1=C2Cc2ccccc2C1. The number of rotatable bonds is 0. The van der Waals surface area contributed by atoms with E-state index < -0.39 is 0 Å². The maximum Gasteiger partial charge on any atom is 0.0200 e. The van der Waals surface area contributed by atoms with Crippen molar-refractivity contribution in [1.29, 1.82) is 0 Å². The molecule has 7 rings (SSSR count). The maximum absolute atomic E-state index is 2.50. The highest BCUT2D eigenvalue weighted by Crippen LogP contribution is 2.52. The molecule has 2 aromatic rings. The fourth-order valence-corrected chi connectivity index (χ4v) is 5.43. The van der Waals surface area contributed by atoms with Crippen LogP contribution in [0.4, 0.5) is 0 Å². The number of fused-ring (bicyclic) bond motifs is 2. The molecular formula is C24H20. The van der Waals surface area contributed by atoms with E-state index in [4.69, 9.17) is 0 Å². The molecule has 5 aliphatic carbocycles. The Bertz CT molecular complexity index is 818. The molecule has 24 heavy (non-hydrogen) atoms. The van der Waals surface area contributed by atoms with Gasteiger partial charge in [-0.15, -0.1) is 0 Å². The van der Waals surface area contributed by atoms with Crippen LogP contribution < -0.4 is 0 Å². The summed E-state index contributed by atoms with van der Waals surface area (Å²) in [7, 11) is 0. The molecule has 0 saturated heterocycles. The third-order valence-corrected chi connectivity index (χ3v) is 6.58. The van der Waals surface area contributed by atoms with Gasteiger partial charge in [-0.05, 0) is 47.9 Å². The van der Waals surface area contributed by atoms with Gasteiger partial charge in [0.05, 0.1) is 0 Å². The van der Waals surface area contributed by atoms with Crippen LogP contribution in [0.2, 0.25) is 0 Å². The zero-order chi connectivity index (χ0) is 15.7. The quantitative estimate of drug-likeness (QED) is 0.601. The minimum atomic E-state index is 0.571. The van der Waals surface area contributed by atoms with Crippen LogP contribution in [0, 0.1) is 11.8 Å². The fraction of sp³-hybridized carbons (Fsp3) is 0.250. The van der Waals surface area contributed by atoms with Crippen molar-refractivity contribution in [2.45, 2.75) is 25.7 Å². The van der Waals surface area contributed by atoms with Crippen molar-refractivity contribution in [3.05, 3.63) is 105 Å². The first-order valence-electron chi connectivity index (χ1n) is 9.14. The van der Waals surface area contributed by atoms with Gasteiger partial charge >= 0.3 is 0 Å². The predicted octanol–water partition coefficient (Wildman–Crippen LogP) is 4.99. The van der Waals surface area contributed by atoms with Crippen LogP contribution in [0.15, 0.2) is 83.0 Å². The van der Waals surface area contributed by atoms with E-state index in [0.717, 1.165) is 25.7 Å². The molecule has 0 unspecified atom stereocenters. The van der Waals surface area contributed by atoms with E-state index in [1.54, 1.807) is 44.5 Å². The molecule has 116 valence electrons. The zero-order valence-corrected chi connectivity index (χ0v) is 13.8. The highest BCUT2D eigenvalue weighted by atomic mass is 14.4. The first-order valence-corrected chi connectivity index (χ1v) is 9.14. The van der Waals surface area contributed by atoms with Crippen LogP contribution in [-0.2, 0) is 25.7 Å². The average Bonchev–Trinajstić information content (AvgIpc) is 2.65. The Morgan fingerprint density at radius 2 is 0.750 bits per heavy atom. The van der Waals surface area contributed by atoms with E-state index >= 15 is 0 Å². The van der Waals surface area contributed by atoms with Gasteiger partial charge in [0.15, 0.2) is 0 Å². The van der Waals surface area contributed by atoms with Crippen molar-refractivity contribution in [3.63, 3.8) is 0 Å². The monoisotopic (exact) mass is 308 g/mol. The summed E-state index contributed by atoms with van der Waals surface area (Å²) in [5.41, 5.74) is 13.1. The number of hydrogen-bond donors (Lipinski definition) is 0. The van der Waals surface area contributed by atoms with Gasteiger partial charge in [-0.2, -0.15) is 0 Å². The molecule has 0 N–H and O–H groups in total. The topological polar surface area (TPSA) is 0 Å². The van der Waals surface area contributed by atoms with Gasteiger partial charge < -0.3 is 0 Å². The molecule has 0 radical (unpaired) electrons.